The number of phenolic OH excluding ortho intramolecular Hbond substituents is 1. The molecule has 0 atom stereocenters. The number of carbonyl (C=O) groups is 1. The van der Waals surface area contributed by atoms with Crippen LogP contribution in [0.15, 0.2) is 52.3 Å². The van der Waals surface area contributed by atoms with Crippen molar-refractivity contribution in [3.8, 4) is 11.5 Å². The number of anilines is 1. The summed E-state index contributed by atoms with van der Waals surface area (Å²) in [6.07, 6.45) is 1.79. The smallest absolute Gasteiger partial charge is 0.262 e. The number of benzene rings is 2. The van der Waals surface area contributed by atoms with E-state index in [2.05, 4.69) is 5.32 Å². The Morgan fingerprint density at radius 3 is 2.91 bits per heavy atom. The molecule has 112 valence electrons. The van der Waals surface area contributed by atoms with Gasteiger partial charge in [0.15, 0.2) is 11.5 Å². The topological polar surface area (TPSA) is 58.6 Å². The van der Waals surface area contributed by atoms with Gasteiger partial charge in [0.1, 0.15) is 0 Å². The third-order valence-corrected chi connectivity index (χ3v) is 4.26. The minimum Gasteiger partial charge on any atom is -0.504 e. The van der Waals surface area contributed by atoms with Crippen LogP contribution in [-0.4, -0.2) is 17.6 Å². The van der Waals surface area contributed by atoms with Gasteiger partial charge in [0, 0.05) is 4.90 Å². The second kappa shape index (κ2) is 6.15. The molecule has 3 rings (SSSR count). The van der Waals surface area contributed by atoms with Gasteiger partial charge in [-0.05, 0) is 42.8 Å². The van der Waals surface area contributed by atoms with Gasteiger partial charge in [0.2, 0.25) is 0 Å². The van der Waals surface area contributed by atoms with E-state index in [9.17, 15) is 9.90 Å². The number of nitrogens with one attached hydrogen (secondary N) is 1. The highest BCUT2D eigenvalue weighted by Crippen LogP contribution is 2.39. The van der Waals surface area contributed by atoms with Crippen LogP contribution in [0, 0.1) is 0 Å². The van der Waals surface area contributed by atoms with Gasteiger partial charge in [0.25, 0.3) is 5.91 Å². The zero-order valence-electron chi connectivity index (χ0n) is 12.0. The van der Waals surface area contributed by atoms with Crippen LogP contribution in [0.3, 0.4) is 0 Å². The number of rotatable bonds is 3. The van der Waals surface area contributed by atoms with E-state index in [0.29, 0.717) is 17.3 Å². The van der Waals surface area contributed by atoms with Gasteiger partial charge in [-0.1, -0.05) is 30.0 Å². The quantitative estimate of drug-likeness (QED) is 0.844. The SMILES string of the molecule is CCOc1cc(/C=C2\Sc3ccccc3NC2=O)ccc1O. The minimum atomic E-state index is -0.130. The van der Waals surface area contributed by atoms with Gasteiger partial charge in [-0.3, -0.25) is 4.79 Å². The van der Waals surface area contributed by atoms with Gasteiger partial charge < -0.3 is 15.2 Å². The van der Waals surface area contributed by atoms with Gasteiger partial charge >= 0.3 is 0 Å². The van der Waals surface area contributed by atoms with Crippen LogP contribution in [0.4, 0.5) is 5.69 Å². The monoisotopic (exact) mass is 313 g/mol. The lowest BCUT2D eigenvalue weighted by Crippen LogP contribution is -2.17. The van der Waals surface area contributed by atoms with Crippen LogP contribution in [-0.2, 0) is 4.79 Å². The highest BCUT2D eigenvalue weighted by molar-refractivity contribution is 8.04. The van der Waals surface area contributed by atoms with Crippen molar-refractivity contribution in [2.75, 3.05) is 11.9 Å². The number of thioether (sulfide) groups is 1. The highest BCUT2D eigenvalue weighted by Gasteiger charge is 2.20. The van der Waals surface area contributed by atoms with Crippen molar-refractivity contribution in [3.05, 3.63) is 52.9 Å². The highest BCUT2D eigenvalue weighted by atomic mass is 32.2. The van der Waals surface area contributed by atoms with Crippen molar-refractivity contribution >= 4 is 29.4 Å². The number of hydrogen-bond acceptors (Lipinski definition) is 4. The van der Waals surface area contributed by atoms with Crippen LogP contribution in [0.1, 0.15) is 12.5 Å². The summed E-state index contributed by atoms with van der Waals surface area (Å²) >= 11 is 1.43. The summed E-state index contributed by atoms with van der Waals surface area (Å²) in [6, 6.07) is 12.7. The minimum absolute atomic E-state index is 0.0927. The number of para-hydroxylation sites is 1. The molecule has 1 heterocycles. The van der Waals surface area contributed by atoms with E-state index in [0.717, 1.165) is 16.1 Å². The Balaban J connectivity index is 1.92. The molecule has 2 aromatic carbocycles. The molecule has 1 aliphatic rings. The van der Waals surface area contributed by atoms with Gasteiger partial charge in [-0.2, -0.15) is 0 Å². The zero-order chi connectivity index (χ0) is 15.5. The summed E-state index contributed by atoms with van der Waals surface area (Å²) in [6.45, 7) is 2.32. The first-order valence-electron chi connectivity index (χ1n) is 6.93. The van der Waals surface area contributed by atoms with Crippen molar-refractivity contribution in [1.82, 2.24) is 0 Å². The summed E-state index contributed by atoms with van der Waals surface area (Å²) in [7, 11) is 0. The number of carbonyl (C=O) groups excluding carboxylic acids is 1. The molecular formula is C17H15NO3S. The first-order valence-corrected chi connectivity index (χ1v) is 7.75. The Labute approximate surface area is 132 Å². The zero-order valence-corrected chi connectivity index (χ0v) is 12.8. The second-order valence-electron chi connectivity index (χ2n) is 4.72. The lowest BCUT2D eigenvalue weighted by Gasteiger charge is -2.18. The predicted molar refractivity (Wildman–Crippen MR) is 88.2 cm³/mol. The number of amides is 1. The first kappa shape index (κ1) is 14.5. The van der Waals surface area contributed by atoms with Crippen LogP contribution in [0.5, 0.6) is 11.5 Å². The van der Waals surface area contributed by atoms with Crippen molar-refractivity contribution in [3.63, 3.8) is 0 Å². The van der Waals surface area contributed by atoms with E-state index in [1.54, 1.807) is 24.3 Å². The van der Waals surface area contributed by atoms with Crippen LogP contribution < -0.4 is 10.1 Å². The molecule has 0 radical (unpaired) electrons. The van der Waals surface area contributed by atoms with E-state index < -0.39 is 0 Å². The number of fused-ring (bicyclic) bond motifs is 1. The number of phenols is 1. The molecule has 0 spiro atoms. The van der Waals surface area contributed by atoms with E-state index in [-0.39, 0.29) is 11.7 Å². The molecule has 0 saturated carbocycles. The molecule has 0 aliphatic carbocycles. The standard InChI is InChI=1S/C17H15NO3S/c1-2-21-14-9-11(7-8-13(14)19)10-16-17(20)18-12-5-3-4-6-15(12)22-16/h3-10,19H,2H2,1H3,(H,18,20)/b16-10-. The number of ether oxygens (including phenoxy) is 1. The number of aromatic hydroxyl groups is 1. The Morgan fingerprint density at radius 2 is 2.09 bits per heavy atom. The largest absolute Gasteiger partial charge is 0.504 e. The number of hydrogen-bond donors (Lipinski definition) is 2. The van der Waals surface area contributed by atoms with Crippen LogP contribution >= 0.6 is 11.8 Å². The fourth-order valence-corrected chi connectivity index (χ4v) is 3.10. The second-order valence-corrected chi connectivity index (χ2v) is 5.80. The summed E-state index contributed by atoms with van der Waals surface area (Å²) in [5.74, 6) is 0.378. The summed E-state index contributed by atoms with van der Waals surface area (Å²) < 4.78 is 5.36. The van der Waals surface area contributed by atoms with Crippen LogP contribution in [0.2, 0.25) is 0 Å². The molecular weight excluding hydrogens is 298 g/mol. The predicted octanol–water partition coefficient (Wildman–Crippen LogP) is 3.88. The van der Waals surface area contributed by atoms with Gasteiger partial charge in [0.05, 0.1) is 17.2 Å². The molecule has 2 N–H and O–H groups in total. The molecule has 4 nitrogen and oxygen atoms in total. The van der Waals surface area contributed by atoms with E-state index >= 15 is 0 Å². The molecule has 2 aromatic rings. The van der Waals surface area contributed by atoms with Crippen LogP contribution in [0.25, 0.3) is 6.08 Å². The van der Waals surface area contributed by atoms with Crippen molar-refractivity contribution < 1.29 is 14.6 Å². The van der Waals surface area contributed by atoms with Crippen molar-refractivity contribution in [2.45, 2.75) is 11.8 Å². The summed E-state index contributed by atoms with van der Waals surface area (Å²) in [5.41, 5.74) is 1.63. The average molecular weight is 313 g/mol. The molecule has 1 amide bonds. The molecule has 0 aromatic heterocycles. The molecule has 0 unspecified atom stereocenters. The maximum absolute atomic E-state index is 12.2. The average Bonchev–Trinajstić information content (AvgIpc) is 2.51. The Kier molecular flexibility index (Phi) is 4.06. The van der Waals surface area contributed by atoms with Crippen molar-refractivity contribution in [1.29, 1.82) is 0 Å². The molecule has 0 bridgehead atoms. The molecule has 5 heteroatoms. The molecule has 0 saturated heterocycles. The maximum Gasteiger partial charge on any atom is 0.262 e. The molecule has 1 aliphatic heterocycles. The normalized spacial score (nSPS) is 15.3. The third-order valence-electron chi connectivity index (χ3n) is 3.16. The lowest BCUT2D eigenvalue weighted by atomic mass is 10.2. The van der Waals surface area contributed by atoms with E-state index in [1.807, 2.05) is 31.2 Å². The Morgan fingerprint density at radius 1 is 1.27 bits per heavy atom. The van der Waals surface area contributed by atoms with Gasteiger partial charge in [-0.15, -0.1) is 0 Å². The fourth-order valence-electron chi connectivity index (χ4n) is 2.15. The lowest BCUT2D eigenvalue weighted by molar-refractivity contribution is -0.112. The summed E-state index contributed by atoms with van der Waals surface area (Å²) in [5, 5.41) is 12.6. The molecule has 0 fully saturated rings. The van der Waals surface area contributed by atoms with Gasteiger partial charge in [-0.25, -0.2) is 0 Å². The molecule has 22 heavy (non-hydrogen) atoms. The van der Waals surface area contributed by atoms with Crippen molar-refractivity contribution in [2.24, 2.45) is 0 Å². The Bertz CT molecular complexity index is 755. The maximum atomic E-state index is 12.2. The summed E-state index contributed by atoms with van der Waals surface area (Å²) in [4.78, 5) is 13.8. The van der Waals surface area contributed by atoms with E-state index in [1.165, 1.54) is 11.8 Å². The third kappa shape index (κ3) is 2.94. The fraction of sp³-hybridized carbons (Fsp3) is 0.118. The first-order chi connectivity index (χ1) is 10.7. The van der Waals surface area contributed by atoms with E-state index in [4.69, 9.17) is 4.74 Å². The Hall–Kier alpha value is -2.40.